The number of carbonyl (C=O) groups excluding carboxylic acids is 2. The largest absolute Gasteiger partial charge is 0.375 e. The highest BCUT2D eigenvalue weighted by Gasteiger charge is 2.39. The molecule has 2 heterocycles. The van der Waals surface area contributed by atoms with Gasteiger partial charge in [-0.05, 0) is 30.7 Å². The Labute approximate surface area is 165 Å². The molecule has 0 spiro atoms. The van der Waals surface area contributed by atoms with Crippen LogP contribution in [0.2, 0.25) is 5.02 Å². The lowest BCUT2D eigenvalue weighted by Crippen LogP contribution is -2.56. The zero-order chi connectivity index (χ0) is 18.1. The van der Waals surface area contributed by atoms with Crippen LogP contribution in [0.4, 0.5) is 5.69 Å². The summed E-state index contributed by atoms with van der Waals surface area (Å²) in [7, 11) is 3.48. The number of nitrogens with zero attached hydrogens (tertiary/aromatic N) is 2. The third kappa shape index (κ3) is 4.14. The van der Waals surface area contributed by atoms with E-state index in [0.29, 0.717) is 31.1 Å². The first-order valence-corrected chi connectivity index (χ1v) is 8.92. The zero-order valence-corrected chi connectivity index (χ0v) is 16.8. The van der Waals surface area contributed by atoms with Crippen LogP contribution in [0.1, 0.15) is 24.8 Å². The molecule has 1 fully saturated rings. The van der Waals surface area contributed by atoms with Crippen LogP contribution in [-0.2, 0) is 14.3 Å². The smallest absolute Gasteiger partial charge is 0.246 e. The molecule has 2 aliphatic rings. The molecule has 2 aliphatic heterocycles. The molecule has 3 atom stereocenters. The third-order valence-electron chi connectivity index (χ3n) is 4.89. The van der Waals surface area contributed by atoms with E-state index in [2.05, 4.69) is 5.32 Å². The van der Waals surface area contributed by atoms with Gasteiger partial charge in [0.15, 0.2) is 0 Å². The zero-order valence-electron chi connectivity index (χ0n) is 15.2. The van der Waals surface area contributed by atoms with Crippen molar-refractivity contribution in [2.24, 2.45) is 0 Å². The SMILES string of the molecule is C[C@H]1OCCN[C@@H]1C(=O)N1CC(CC(=O)N(C)C)c2cc(Cl)ccc21.Cl. The van der Waals surface area contributed by atoms with Crippen LogP contribution in [0.15, 0.2) is 18.2 Å². The molecular weight excluding hydrogens is 377 g/mol. The minimum absolute atomic E-state index is 0. The van der Waals surface area contributed by atoms with Gasteiger partial charge < -0.3 is 19.9 Å². The summed E-state index contributed by atoms with van der Waals surface area (Å²) in [6.07, 6.45) is 0.174. The summed E-state index contributed by atoms with van der Waals surface area (Å²) in [5.74, 6) is -0.0272. The topological polar surface area (TPSA) is 61.9 Å². The van der Waals surface area contributed by atoms with Gasteiger partial charge in [-0.15, -0.1) is 12.4 Å². The quantitative estimate of drug-likeness (QED) is 0.841. The number of benzene rings is 1. The van der Waals surface area contributed by atoms with Crippen LogP contribution < -0.4 is 10.2 Å². The first-order chi connectivity index (χ1) is 11.9. The van der Waals surface area contributed by atoms with E-state index >= 15 is 0 Å². The third-order valence-corrected chi connectivity index (χ3v) is 5.13. The molecule has 1 N–H and O–H groups in total. The van der Waals surface area contributed by atoms with Crippen molar-refractivity contribution in [1.29, 1.82) is 0 Å². The van der Waals surface area contributed by atoms with Crippen LogP contribution >= 0.6 is 24.0 Å². The number of ether oxygens (including phenoxy) is 1. The number of fused-ring (bicyclic) bond motifs is 1. The molecule has 6 nitrogen and oxygen atoms in total. The first-order valence-electron chi connectivity index (χ1n) is 8.54. The van der Waals surface area contributed by atoms with Crippen molar-refractivity contribution in [3.8, 4) is 0 Å². The highest BCUT2D eigenvalue weighted by molar-refractivity contribution is 6.30. The van der Waals surface area contributed by atoms with E-state index < -0.39 is 0 Å². The van der Waals surface area contributed by atoms with Crippen molar-refractivity contribution in [2.75, 3.05) is 38.7 Å². The van der Waals surface area contributed by atoms with E-state index in [9.17, 15) is 9.59 Å². The summed E-state index contributed by atoms with van der Waals surface area (Å²) in [6.45, 7) is 3.65. The maximum Gasteiger partial charge on any atom is 0.246 e. The van der Waals surface area contributed by atoms with Crippen molar-refractivity contribution < 1.29 is 14.3 Å². The molecule has 1 saturated heterocycles. The van der Waals surface area contributed by atoms with Gasteiger partial charge in [0.2, 0.25) is 11.8 Å². The Morgan fingerprint density at radius 1 is 1.38 bits per heavy atom. The molecule has 0 saturated carbocycles. The predicted octanol–water partition coefficient (Wildman–Crippen LogP) is 2.05. The van der Waals surface area contributed by atoms with Crippen molar-refractivity contribution in [1.82, 2.24) is 10.2 Å². The van der Waals surface area contributed by atoms with Gasteiger partial charge in [-0.1, -0.05) is 11.6 Å². The van der Waals surface area contributed by atoms with Crippen LogP contribution in [0.25, 0.3) is 0 Å². The van der Waals surface area contributed by atoms with Gasteiger partial charge in [0.1, 0.15) is 6.04 Å². The lowest BCUT2D eigenvalue weighted by Gasteiger charge is -2.32. The lowest BCUT2D eigenvalue weighted by molar-refractivity contribution is -0.129. The van der Waals surface area contributed by atoms with Gasteiger partial charge in [-0.2, -0.15) is 0 Å². The Balaban J connectivity index is 0.00000243. The molecule has 1 aromatic rings. The number of amides is 2. The molecule has 2 amide bonds. The average Bonchev–Trinajstić information content (AvgIpc) is 2.92. The summed E-state index contributed by atoms with van der Waals surface area (Å²) in [5.41, 5.74) is 1.80. The molecule has 0 aromatic heterocycles. The Kier molecular flexibility index (Phi) is 6.91. The summed E-state index contributed by atoms with van der Waals surface area (Å²) in [6, 6.07) is 5.14. The first kappa shape index (κ1) is 21.0. The number of hydrogen-bond acceptors (Lipinski definition) is 4. The van der Waals surface area contributed by atoms with Gasteiger partial charge >= 0.3 is 0 Å². The highest BCUT2D eigenvalue weighted by atomic mass is 35.5. The van der Waals surface area contributed by atoms with Crippen LogP contribution in [0, 0.1) is 0 Å². The van der Waals surface area contributed by atoms with Gasteiger partial charge in [-0.3, -0.25) is 9.59 Å². The monoisotopic (exact) mass is 401 g/mol. The number of rotatable bonds is 3. The molecule has 144 valence electrons. The minimum atomic E-state index is -0.374. The number of hydrogen-bond donors (Lipinski definition) is 1. The van der Waals surface area contributed by atoms with Crippen LogP contribution in [-0.4, -0.2) is 62.7 Å². The number of carbonyl (C=O) groups is 2. The van der Waals surface area contributed by atoms with Gasteiger partial charge in [0, 0.05) is 50.2 Å². The lowest BCUT2D eigenvalue weighted by atomic mass is 9.97. The Morgan fingerprint density at radius 2 is 2.12 bits per heavy atom. The van der Waals surface area contributed by atoms with Crippen LogP contribution in [0.5, 0.6) is 0 Å². The maximum atomic E-state index is 13.1. The number of morpholine rings is 1. The molecule has 0 aliphatic carbocycles. The molecule has 1 unspecified atom stereocenters. The van der Waals surface area contributed by atoms with Gasteiger partial charge in [0.05, 0.1) is 12.7 Å². The fourth-order valence-electron chi connectivity index (χ4n) is 3.47. The van der Waals surface area contributed by atoms with Crippen molar-refractivity contribution in [3.63, 3.8) is 0 Å². The van der Waals surface area contributed by atoms with E-state index in [-0.39, 0.29) is 42.3 Å². The minimum Gasteiger partial charge on any atom is -0.375 e. The number of anilines is 1. The number of nitrogens with one attached hydrogen (secondary N) is 1. The maximum absolute atomic E-state index is 13.1. The second kappa shape index (κ2) is 8.57. The van der Waals surface area contributed by atoms with Crippen molar-refractivity contribution in [3.05, 3.63) is 28.8 Å². The molecule has 0 bridgehead atoms. The van der Waals surface area contributed by atoms with Crippen molar-refractivity contribution >= 4 is 41.5 Å². The normalized spacial score (nSPS) is 24.6. The standard InChI is InChI=1S/C18H24ClN3O3.ClH/c1-11-17(20-6-7-25-11)18(24)22-10-12(8-16(23)21(2)3)14-9-13(19)4-5-15(14)22;/h4-5,9,11-12,17,20H,6-8,10H2,1-3H3;1H/t11-,12?,17+;/m1./s1. The van der Waals surface area contributed by atoms with E-state index in [1.54, 1.807) is 30.0 Å². The molecule has 26 heavy (non-hydrogen) atoms. The average molecular weight is 402 g/mol. The molecule has 8 heteroatoms. The Bertz CT molecular complexity index is 684. The summed E-state index contributed by atoms with van der Waals surface area (Å²) < 4.78 is 5.61. The number of halogens is 2. The fourth-order valence-corrected chi connectivity index (χ4v) is 3.65. The summed E-state index contributed by atoms with van der Waals surface area (Å²) in [4.78, 5) is 28.6. The van der Waals surface area contributed by atoms with E-state index in [0.717, 1.165) is 11.3 Å². The van der Waals surface area contributed by atoms with E-state index in [4.69, 9.17) is 16.3 Å². The second-order valence-electron chi connectivity index (χ2n) is 6.85. The van der Waals surface area contributed by atoms with E-state index in [1.807, 2.05) is 19.1 Å². The Hall–Kier alpha value is -1.34. The highest BCUT2D eigenvalue weighted by Crippen LogP contribution is 2.40. The molecular formula is C18H25Cl2N3O3. The van der Waals surface area contributed by atoms with Crippen LogP contribution in [0.3, 0.4) is 0 Å². The Morgan fingerprint density at radius 3 is 2.77 bits per heavy atom. The van der Waals surface area contributed by atoms with Crippen molar-refractivity contribution in [2.45, 2.75) is 31.4 Å². The predicted molar refractivity (Wildman–Crippen MR) is 104 cm³/mol. The molecule has 3 rings (SSSR count). The summed E-state index contributed by atoms with van der Waals surface area (Å²) in [5, 5.41) is 3.86. The fraction of sp³-hybridized carbons (Fsp3) is 0.556. The molecule has 0 radical (unpaired) electrons. The van der Waals surface area contributed by atoms with Gasteiger partial charge in [0.25, 0.3) is 0 Å². The van der Waals surface area contributed by atoms with E-state index in [1.165, 1.54) is 0 Å². The second-order valence-corrected chi connectivity index (χ2v) is 7.29. The molecule has 1 aromatic carbocycles. The summed E-state index contributed by atoms with van der Waals surface area (Å²) >= 11 is 6.16. The van der Waals surface area contributed by atoms with Gasteiger partial charge in [-0.25, -0.2) is 0 Å².